The molecule has 82 valence electrons. The van der Waals surface area contributed by atoms with E-state index in [1.165, 1.54) is 7.11 Å². The molecule has 0 bridgehead atoms. The summed E-state index contributed by atoms with van der Waals surface area (Å²) in [6.07, 6.45) is 2.15. The van der Waals surface area contributed by atoms with Crippen LogP contribution in [0.2, 0.25) is 0 Å². The molecule has 0 aromatic rings. The van der Waals surface area contributed by atoms with E-state index in [0.29, 0.717) is 6.04 Å². The molecule has 0 saturated heterocycles. The highest BCUT2D eigenvalue weighted by molar-refractivity contribution is 5.79. The van der Waals surface area contributed by atoms with E-state index in [4.69, 9.17) is 4.74 Å². The smallest absolute Gasteiger partial charge is 0.326 e. The van der Waals surface area contributed by atoms with Gasteiger partial charge >= 0.3 is 5.97 Å². The third-order valence-corrected chi connectivity index (χ3v) is 2.78. The number of carbonyl (C=O) groups is 1. The molecule has 0 radical (unpaired) electrons. The summed E-state index contributed by atoms with van der Waals surface area (Å²) in [5.74, 6) is -0.804. The summed E-state index contributed by atoms with van der Waals surface area (Å²) in [4.78, 5) is 11.3. The highest BCUT2D eigenvalue weighted by Gasteiger charge is 2.45. The summed E-state index contributed by atoms with van der Waals surface area (Å²) in [6.45, 7) is 4.03. The molecule has 1 atom stereocenters. The zero-order valence-corrected chi connectivity index (χ0v) is 9.04. The van der Waals surface area contributed by atoms with Crippen LogP contribution >= 0.6 is 0 Å². The van der Waals surface area contributed by atoms with Crippen molar-refractivity contribution in [2.45, 2.75) is 38.3 Å². The molecule has 0 amide bonds. The highest BCUT2D eigenvalue weighted by Crippen LogP contribution is 2.27. The van der Waals surface area contributed by atoms with Crippen molar-refractivity contribution in [3.8, 4) is 0 Å². The Morgan fingerprint density at radius 2 is 2.21 bits per heavy atom. The van der Waals surface area contributed by atoms with Gasteiger partial charge in [-0.15, -0.1) is 0 Å². The molecule has 1 aliphatic rings. The first-order valence-corrected chi connectivity index (χ1v) is 5.03. The van der Waals surface area contributed by atoms with Gasteiger partial charge in [-0.2, -0.15) is 0 Å². The van der Waals surface area contributed by atoms with Crippen molar-refractivity contribution < 1.29 is 14.6 Å². The Morgan fingerprint density at radius 3 is 2.50 bits per heavy atom. The van der Waals surface area contributed by atoms with Crippen LogP contribution in [0.5, 0.6) is 0 Å². The van der Waals surface area contributed by atoms with Crippen LogP contribution in [0.4, 0.5) is 0 Å². The number of aliphatic carboxylic acids is 1. The van der Waals surface area contributed by atoms with Crippen LogP contribution in [-0.2, 0) is 9.53 Å². The second kappa shape index (κ2) is 4.28. The van der Waals surface area contributed by atoms with E-state index in [1.807, 2.05) is 13.8 Å². The van der Waals surface area contributed by atoms with Crippen LogP contribution in [0.25, 0.3) is 0 Å². The largest absolute Gasteiger partial charge is 0.480 e. The van der Waals surface area contributed by atoms with E-state index in [1.54, 1.807) is 0 Å². The Morgan fingerprint density at radius 1 is 1.64 bits per heavy atom. The fourth-order valence-electron chi connectivity index (χ4n) is 1.57. The van der Waals surface area contributed by atoms with Crippen molar-refractivity contribution in [2.75, 3.05) is 13.7 Å². The van der Waals surface area contributed by atoms with Gasteiger partial charge in [0.25, 0.3) is 0 Å². The second-order valence-corrected chi connectivity index (χ2v) is 4.28. The van der Waals surface area contributed by atoms with Crippen molar-refractivity contribution >= 4 is 5.97 Å². The molecular formula is C10H19NO3. The Labute approximate surface area is 84.6 Å². The quantitative estimate of drug-likeness (QED) is 0.669. The molecule has 0 heterocycles. The minimum Gasteiger partial charge on any atom is -0.480 e. The fourth-order valence-corrected chi connectivity index (χ4v) is 1.57. The molecular weight excluding hydrogens is 182 g/mol. The minimum atomic E-state index is -0.921. The first-order valence-electron chi connectivity index (χ1n) is 5.03. The predicted octanol–water partition coefficient (Wildman–Crippen LogP) is 0.864. The number of ether oxygens (including phenoxy) is 1. The maximum absolute atomic E-state index is 11.3. The lowest BCUT2D eigenvalue weighted by molar-refractivity contribution is -0.150. The molecule has 1 rings (SSSR count). The first-order chi connectivity index (χ1) is 6.53. The van der Waals surface area contributed by atoms with Gasteiger partial charge in [0.15, 0.2) is 0 Å². The van der Waals surface area contributed by atoms with Gasteiger partial charge < -0.3 is 9.84 Å². The van der Waals surface area contributed by atoms with Crippen LogP contribution < -0.4 is 5.32 Å². The number of methoxy groups -OCH3 is 1. The Balaban J connectivity index is 2.75. The van der Waals surface area contributed by atoms with Crippen LogP contribution in [0, 0.1) is 5.92 Å². The first kappa shape index (κ1) is 11.5. The number of nitrogens with one attached hydrogen (secondary N) is 1. The fraction of sp³-hybridized carbons (Fsp3) is 0.900. The molecule has 0 aliphatic heterocycles. The molecule has 0 aromatic carbocycles. The van der Waals surface area contributed by atoms with Gasteiger partial charge in [-0.1, -0.05) is 13.8 Å². The standard InChI is InChI=1S/C10H19NO3/c1-7(2)10(6-14-3,9(12)13)11-8-4-5-8/h7-8,11H,4-6H2,1-3H3,(H,12,13). The molecule has 0 spiro atoms. The average molecular weight is 201 g/mol. The van der Waals surface area contributed by atoms with E-state index in [-0.39, 0.29) is 12.5 Å². The van der Waals surface area contributed by atoms with Crippen molar-refractivity contribution in [1.29, 1.82) is 0 Å². The zero-order valence-electron chi connectivity index (χ0n) is 9.04. The Hall–Kier alpha value is -0.610. The van der Waals surface area contributed by atoms with Crippen molar-refractivity contribution in [2.24, 2.45) is 5.92 Å². The summed E-state index contributed by atoms with van der Waals surface area (Å²) < 4.78 is 5.02. The van der Waals surface area contributed by atoms with E-state index >= 15 is 0 Å². The maximum Gasteiger partial charge on any atom is 0.326 e. The lowest BCUT2D eigenvalue weighted by Gasteiger charge is -2.33. The molecule has 1 fully saturated rings. The number of rotatable bonds is 6. The lowest BCUT2D eigenvalue weighted by Crippen LogP contribution is -2.60. The zero-order chi connectivity index (χ0) is 10.8. The average Bonchev–Trinajstić information content (AvgIpc) is 2.86. The van der Waals surface area contributed by atoms with Crippen LogP contribution in [-0.4, -0.2) is 36.4 Å². The molecule has 1 unspecified atom stereocenters. The van der Waals surface area contributed by atoms with E-state index < -0.39 is 11.5 Å². The van der Waals surface area contributed by atoms with Gasteiger partial charge in [-0.25, -0.2) is 0 Å². The predicted molar refractivity (Wildman–Crippen MR) is 53.2 cm³/mol. The van der Waals surface area contributed by atoms with Gasteiger partial charge in [0.2, 0.25) is 0 Å². The highest BCUT2D eigenvalue weighted by atomic mass is 16.5. The van der Waals surface area contributed by atoms with Crippen molar-refractivity contribution in [3.05, 3.63) is 0 Å². The minimum absolute atomic E-state index is 0.0144. The van der Waals surface area contributed by atoms with E-state index in [2.05, 4.69) is 5.32 Å². The Bertz CT molecular complexity index is 213. The van der Waals surface area contributed by atoms with Gasteiger partial charge in [-0.3, -0.25) is 10.1 Å². The number of carboxylic acid groups (broad SMARTS) is 1. The topological polar surface area (TPSA) is 58.6 Å². The molecule has 4 nitrogen and oxygen atoms in total. The second-order valence-electron chi connectivity index (χ2n) is 4.28. The summed E-state index contributed by atoms with van der Waals surface area (Å²) >= 11 is 0. The molecule has 1 saturated carbocycles. The molecule has 0 aromatic heterocycles. The van der Waals surface area contributed by atoms with Crippen molar-refractivity contribution in [1.82, 2.24) is 5.32 Å². The van der Waals surface area contributed by atoms with E-state index in [0.717, 1.165) is 12.8 Å². The SMILES string of the molecule is COCC(NC1CC1)(C(=O)O)C(C)C. The van der Waals surface area contributed by atoms with Gasteiger partial charge in [0, 0.05) is 13.2 Å². The van der Waals surface area contributed by atoms with Crippen LogP contribution in [0.3, 0.4) is 0 Å². The summed E-state index contributed by atoms with van der Waals surface area (Å²) in [5.41, 5.74) is -0.921. The third kappa shape index (κ3) is 2.25. The van der Waals surface area contributed by atoms with Gasteiger partial charge in [0.1, 0.15) is 5.54 Å². The third-order valence-electron chi connectivity index (χ3n) is 2.78. The maximum atomic E-state index is 11.3. The van der Waals surface area contributed by atoms with Gasteiger partial charge in [0.05, 0.1) is 6.61 Å². The number of hydrogen-bond acceptors (Lipinski definition) is 3. The molecule has 1 aliphatic carbocycles. The summed E-state index contributed by atoms with van der Waals surface area (Å²) in [6, 6.07) is 0.364. The van der Waals surface area contributed by atoms with E-state index in [9.17, 15) is 9.90 Å². The van der Waals surface area contributed by atoms with Gasteiger partial charge in [-0.05, 0) is 18.8 Å². The lowest BCUT2D eigenvalue weighted by atomic mass is 9.87. The normalized spacial score (nSPS) is 20.9. The number of hydrogen-bond donors (Lipinski definition) is 2. The summed E-state index contributed by atoms with van der Waals surface area (Å²) in [7, 11) is 1.54. The van der Waals surface area contributed by atoms with Crippen molar-refractivity contribution in [3.63, 3.8) is 0 Å². The van der Waals surface area contributed by atoms with Crippen LogP contribution in [0.1, 0.15) is 26.7 Å². The Kier molecular flexibility index (Phi) is 3.50. The van der Waals surface area contributed by atoms with Crippen LogP contribution in [0.15, 0.2) is 0 Å². The molecule has 14 heavy (non-hydrogen) atoms. The summed E-state index contributed by atoms with van der Waals surface area (Å²) in [5, 5.41) is 12.4. The molecule has 4 heteroatoms. The number of carboxylic acids is 1. The monoisotopic (exact) mass is 201 g/mol. The molecule has 2 N–H and O–H groups in total.